The zero-order chi connectivity index (χ0) is 19.2. The molecule has 3 aromatic rings. The van der Waals surface area contributed by atoms with E-state index >= 15 is 0 Å². The number of phenols is 2. The van der Waals surface area contributed by atoms with Gasteiger partial charge in [0.2, 0.25) is 0 Å². The van der Waals surface area contributed by atoms with Gasteiger partial charge in [-0.3, -0.25) is 11.7 Å². The standard InChI is InChI=1S/C20H12O5.H4N2.H2O/c21-11-5-7-15-17(9-11)24-18-10-12(22)6-8-16(18)20(15)14-4-2-1-3-13(14)19(23)25-20;1-2;/h1-10,21-22H;1-2H2;1H2. The van der Waals surface area contributed by atoms with Crippen LogP contribution in [0.3, 0.4) is 0 Å². The molecule has 0 saturated carbocycles. The van der Waals surface area contributed by atoms with Crippen LogP contribution in [0.2, 0.25) is 0 Å². The van der Waals surface area contributed by atoms with E-state index in [4.69, 9.17) is 9.47 Å². The van der Waals surface area contributed by atoms with Gasteiger partial charge in [0.25, 0.3) is 0 Å². The van der Waals surface area contributed by atoms with Gasteiger partial charge in [0, 0.05) is 28.8 Å². The number of fused-ring (bicyclic) bond motifs is 6. The topological polar surface area (TPSA) is 160 Å². The number of nitrogens with two attached hydrogens (primary N) is 2. The van der Waals surface area contributed by atoms with E-state index < -0.39 is 11.6 Å². The van der Waals surface area contributed by atoms with Crippen molar-refractivity contribution in [3.63, 3.8) is 0 Å². The van der Waals surface area contributed by atoms with Crippen LogP contribution in [0.5, 0.6) is 23.0 Å². The maximum absolute atomic E-state index is 12.5. The number of hydrogen-bond donors (Lipinski definition) is 4. The van der Waals surface area contributed by atoms with Gasteiger partial charge in [-0.25, -0.2) is 4.79 Å². The Balaban J connectivity index is 0.000000728. The zero-order valence-electron chi connectivity index (χ0n) is 14.5. The first-order valence-electron chi connectivity index (χ1n) is 8.10. The molecule has 1 spiro atoms. The molecule has 0 fully saturated rings. The van der Waals surface area contributed by atoms with E-state index in [1.165, 1.54) is 24.3 Å². The lowest BCUT2D eigenvalue weighted by molar-refractivity contribution is 0.0224. The molecule has 0 aliphatic carbocycles. The Kier molecular flexibility index (Phi) is 4.70. The van der Waals surface area contributed by atoms with Crippen molar-refractivity contribution in [3.8, 4) is 23.0 Å². The fourth-order valence-electron chi connectivity index (χ4n) is 3.65. The van der Waals surface area contributed by atoms with Crippen molar-refractivity contribution in [2.75, 3.05) is 0 Å². The van der Waals surface area contributed by atoms with Gasteiger partial charge in [-0.1, -0.05) is 18.2 Å². The molecule has 144 valence electrons. The lowest BCUT2D eigenvalue weighted by Crippen LogP contribution is -2.32. The van der Waals surface area contributed by atoms with Crippen LogP contribution in [0.15, 0.2) is 60.7 Å². The second-order valence-electron chi connectivity index (χ2n) is 6.08. The minimum Gasteiger partial charge on any atom is -0.508 e. The Bertz CT molecular complexity index is 1010. The number of carbonyl (C=O) groups is 1. The highest BCUT2D eigenvalue weighted by molar-refractivity contribution is 5.97. The largest absolute Gasteiger partial charge is 0.508 e. The van der Waals surface area contributed by atoms with Crippen LogP contribution < -0.4 is 16.4 Å². The van der Waals surface area contributed by atoms with Crippen LogP contribution in [-0.2, 0) is 10.3 Å². The van der Waals surface area contributed by atoms with E-state index in [0.29, 0.717) is 33.8 Å². The molecule has 0 bridgehead atoms. The summed E-state index contributed by atoms with van der Waals surface area (Å²) in [5, 5.41) is 19.7. The van der Waals surface area contributed by atoms with E-state index in [1.54, 1.807) is 24.3 Å². The van der Waals surface area contributed by atoms with E-state index in [-0.39, 0.29) is 17.0 Å². The van der Waals surface area contributed by atoms with Crippen molar-refractivity contribution in [3.05, 3.63) is 82.9 Å². The lowest BCUT2D eigenvalue weighted by Gasteiger charge is -2.36. The number of aromatic hydroxyl groups is 2. The Hall–Kier alpha value is -3.59. The molecular weight excluding hydrogens is 364 g/mol. The monoisotopic (exact) mass is 382 g/mol. The summed E-state index contributed by atoms with van der Waals surface area (Å²) in [6, 6.07) is 16.6. The van der Waals surface area contributed by atoms with Gasteiger partial charge in [0.1, 0.15) is 23.0 Å². The van der Waals surface area contributed by atoms with E-state index in [1.807, 2.05) is 12.1 Å². The molecule has 8 nitrogen and oxygen atoms in total. The highest BCUT2D eigenvalue weighted by Gasteiger charge is 2.53. The Morgan fingerprint density at radius 1 is 0.786 bits per heavy atom. The number of carbonyl (C=O) groups excluding carboxylic acids is 1. The quantitative estimate of drug-likeness (QED) is 0.261. The van der Waals surface area contributed by atoms with Gasteiger partial charge in [0.05, 0.1) is 5.56 Å². The first-order valence-corrected chi connectivity index (χ1v) is 8.10. The summed E-state index contributed by atoms with van der Waals surface area (Å²) in [6.07, 6.45) is 0. The molecule has 0 aromatic heterocycles. The van der Waals surface area contributed by atoms with Crippen LogP contribution in [-0.4, -0.2) is 21.7 Å². The number of ether oxygens (including phenoxy) is 2. The molecule has 0 unspecified atom stereocenters. The summed E-state index contributed by atoms with van der Waals surface area (Å²) in [5.41, 5.74) is 1.28. The number of rotatable bonds is 0. The van der Waals surface area contributed by atoms with Gasteiger partial charge in [0.15, 0.2) is 5.60 Å². The van der Waals surface area contributed by atoms with Crippen LogP contribution in [0.25, 0.3) is 0 Å². The molecule has 0 saturated heterocycles. The van der Waals surface area contributed by atoms with Crippen LogP contribution >= 0.6 is 0 Å². The average Bonchev–Trinajstić information content (AvgIpc) is 2.97. The molecule has 2 aliphatic heterocycles. The first kappa shape index (κ1) is 19.2. The van der Waals surface area contributed by atoms with Crippen molar-refractivity contribution < 1.29 is 30.0 Å². The van der Waals surface area contributed by atoms with Crippen molar-refractivity contribution in [2.45, 2.75) is 5.60 Å². The van der Waals surface area contributed by atoms with Crippen molar-refractivity contribution >= 4 is 5.97 Å². The highest BCUT2D eigenvalue weighted by atomic mass is 16.6. The van der Waals surface area contributed by atoms with E-state index in [9.17, 15) is 15.0 Å². The van der Waals surface area contributed by atoms with Gasteiger partial charge in [-0.15, -0.1) is 0 Å². The molecule has 2 aliphatic rings. The second kappa shape index (κ2) is 6.86. The number of phenolic OH excluding ortho intramolecular Hbond substituents is 2. The van der Waals surface area contributed by atoms with Gasteiger partial charge < -0.3 is 25.2 Å². The summed E-state index contributed by atoms with van der Waals surface area (Å²) >= 11 is 0. The molecule has 0 atom stereocenters. The van der Waals surface area contributed by atoms with Gasteiger partial charge in [-0.05, 0) is 30.3 Å². The number of benzene rings is 3. The molecule has 8 heteroatoms. The predicted molar refractivity (Wildman–Crippen MR) is 100 cm³/mol. The predicted octanol–water partition coefficient (Wildman–Crippen LogP) is 1.66. The Morgan fingerprint density at radius 2 is 1.32 bits per heavy atom. The highest BCUT2D eigenvalue weighted by Crippen LogP contribution is 2.56. The first-order chi connectivity index (χ1) is 13.1. The molecular formula is C20H18N2O6. The van der Waals surface area contributed by atoms with Crippen molar-refractivity contribution in [2.24, 2.45) is 11.7 Å². The summed E-state index contributed by atoms with van der Waals surface area (Å²) in [4.78, 5) is 12.5. The van der Waals surface area contributed by atoms with Gasteiger partial charge >= 0.3 is 5.97 Å². The van der Waals surface area contributed by atoms with Gasteiger partial charge in [-0.2, -0.15) is 0 Å². The van der Waals surface area contributed by atoms with Crippen LogP contribution in [0.1, 0.15) is 27.0 Å². The van der Waals surface area contributed by atoms with Crippen LogP contribution in [0.4, 0.5) is 0 Å². The van der Waals surface area contributed by atoms with E-state index in [2.05, 4.69) is 11.7 Å². The molecule has 8 N–H and O–H groups in total. The smallest absolute Gasteiger partial charge is 0.340 e. The van der Waals surface area contributed by atoms with Crippen molar-refractivity contribution in [1.82, 2.24) is 0 Å². The Morgan fingerprint density at radius 3 is 1.89 bits per heavy atom. The average molecular weight is 382 g/mol. The summed E-state index contributed by atoms with van der Waals surface area (Å²) in [6.45, 7) is 0. The molecule has 0 radical (unpaired) electrons. The Labute approximate surface area is 159 Å². The summed E-state index contributed by atoms with van der Waals surface area (Å²) < 4.78 is 11.8. The number of hydrogen-bond acceptors (Lipinski definition) is 7. The minimum absolute atomic E-state index is 0. The number of hydrazine groups is 1. The minimum atomic E-state index is -1.17. The van der Waals surface area contributed by atoms with Crippen molar-refractivity contribution in [1.29, 1.82) is 0 Å². The second-order valence-corrected chi connectivity index (χ2v) is 6.08. The van der Waals surface area contributed by atoms with Crippen LogP contribution in [0, 0.1) is 0 Å². The molecule has 0 amide bonds. The summed E-state index contributed by atoms with van der Waals surface area (Å²) in [5.74, 6) is 8.41. The summed E-state index contributed by atoms with van der Waals surface area (Å²) in [7, 11) is 0. The third-order valence-electron chi connectivity index (χ3n) is 4.68. The third kappa shape index (κ3) is 2.48. The molecule has 5 rings (SSSR count). The molecule has 28 heavy (non-hydrogen) atoms. The zero-order valence-corrected chi connectivity index (χ0v) is 14.5. The fourth-order valence-corrected chi connectivity index (χ4v) is 3.65. The molecule has 2 heterocycles. The van der Waals surface area contributed by atoms with E-state index in [0.717, 1.165) is 0 Å². The maximum Gasteiger partial charge on any atom is 0.340 e. The maximum atomic E-state index is 12.5. The lowest BCUT2D eigenvalue weighted by atomic mass is 9.77. The fraction of sp³-hybridized carbons (Fsp3) is 0.0500. The third-order valence-corrected chi connectivity index (χ3v) is 4.68. The SMILES string of the molecule is NN.O.O=C1OC2(c3ccc(O)cc3Oc3cc(O)ccc32)c2ccccc21. The normalized spacial score (nSPS) is 14.3. The number of esters is 1. The molecule has 3 aromatic carbocycles.